The molecule has 0 spiro atoms. The maximum Gasteiger partial charge on any atom is 0.287 e. The molecule has 1 aromatic carbocycles. The van der Waals surface area contributed by atoms with Crippen molar-refractivity contribution in [1.82, 2.24) is 41.5 Å². The molecule has 0 saturated carbocycles. The summed E-state index contributed by atoms with van der Waals surface area (Å²) in [4.78, 5) is 72.3. The van der Waals surface area contributed by atoms with E-state index in [2.05, 4.69) is 61.5 Å². The van der Waals surface area contributed by atoms with Gasteiger partial charge in [0.25, 0.3) is 5.91 Å². The van der Waals surface area contributed by atoms with Crippen LogP contribution in [0, 0.1) is 35.0 Å². The van der Waals surface area contributed by atoms with Crippen molar-refractivity contribution in [3.05, 3.63) is 30.1 Å². The lowest BCUT2D eigenvalue weighted by Gasteiger charge is -2.39. The van der Waals surface area contributed by atoms with Gasteiger partial charge in [0.2, 0.25) is 17.6 Å². The number of carbonyl (C=O) groups excluding carboxylic acids is 4. The van der Waals surface area contributed by atoms with Gasteiger partial charge in [0.15, 0.2) is 12.1 Å². The van der Waals surface area contributed by atoms with Crippen molar-refractivity contribution in [2.24, 2.45) is 39.4 Å². The average molecular weight is 787 g/mol. The summed E-state index contributed by atoms with van der Waals surface area (Å²) < 4.78 is 0. The number of fused-ring (bicyclic) bond motifs is 1. The molecular formula is C40H58N12O5. The summed E-state index contributed by atoms with van der Waals surface area (Å²) in [5, 5.41) is 37.7. The molecule has 2 unspecified atom stereocenters. The third-order valence-electron chi connectivity index (χ3n) is 11.7. The van der Waals surface area contributed by atoms with Crippen LogP contribution in [0.4, 0.5) is 0 Å². The summed E-state index contributed by atoms with van der Waals surface area (Å²) in [6.45, 7) is 11.4. The van der Waals surface area contributed by atoms with Gasteiger partial charge in [-0.05, 0) is 76.3 Å². The van der Waals surface area contributed by atoms with E-state index < -0.39 is 47.0 Å². The molecule has 9 N–H and O–H groups in total. The van der Waals surface area contributed by atoms with Crippen LogP contribution in [-0.4, -0.2) is 123 Å². The van der Waals surface area contributed by atoms with Crippen LogP contribution >= 0.6 is 0 Å². The second kappa shape index (κ2) is 17.3. The van der Waals surface area contributed by atoms with Gasteiger partial charge in [-0.2, -0.15) is 5.26 Å². The molecule has 6 rings (SSSR count). The summed E-state index contributed by atoms with van der Waals surface area (Å²) in [5.41, 5.74) is 5.39. The van der Waals surface area contributed by atoms with E-state index in [4.69, 9.17) is 10.7 Å². The highest BCUT2D eigenvalue weighted by Gasteiger charge is 2.51. The number of aliphatic imine (C=N–C) groups is 2. The predicted octanol–water partition coefficient (Wildman–Crippen LogP) is 0.716. The van der Waals surface area contributed by atoms with Crippen LogP contribution in [0.15, 0.2) is 34.3 Å². The number of para-hydroxylation sites is 2. The molecule has 1 aromatic heterocycles. The lowest BCUT2D eigenvalue weighted by atomic mass is 9.82. The highest BCUT2D eigenvalue weighted by atomic mass is 16.3. The van der Waals surface area contributed by atoms with E-state index in [9.17, 15) is 29.5 Å². The minimum atomic E-state index is -1.55. The topological polar surface area (TPSA) is 255 Å². The van der Waals surface area contributed by atoms with Crippen LogP contribution in [0.2, 0.25) is 0 Å². The van der Waals surface area contributed by atoms with Crippen molar-refractivity contribution in [1.29, 1.82) is 5.26 Å². The minimum absolute atomic E-state index is 0.0554. The van der Waals surface area contributed by atoms with Crippen LogP contribution in [0.5, 0.6) is 0 Å². The van der Waals surface area contributed by atoms with E-state index in [1.54, 1.807) is 11.0 Å². The van der Waals surface area contributed by atoms with E-state index in [-0.39, 0.29) is 68.0 Å². The quantitative estimate of drug-likeness (QED) is 0.0977. The highest BCUT2D eigenvalue weighted by molar-refractivity contribution is 6.02. The van der Waals surface area contributed by atoms with Crippen molar-refractivity contribution in [3.63, 3.8) is 0 Å². The number of nitrogens with one attached hydrogen (secondary N) is 6. The van der Waals surface area contributed by atoms with E-state index >= 15 is 0 Å². The molecule has 17 nitrogen and oxygen atoms in total. The molecule has 3 amide bonds. The SMILES string of the molecule is CC(C)C[C@H](N)C1=NC[C@@](C[C@@H]2CCNC2=O)(C(=O)C(O)N(CC(C)C[C@H](NC(=O)c2nc3ccccc3[nH]2)C2=NC[C@](C#N)(C[C@@H]3CCNC3=O)N2)C(C)C)N1. The number of hydrogen-bond donors (Lipinski definition) is 8. The lowest BCUT2D eigenvalue weighted by Crippen LogP contribution is -2.63. The monoisotopic (exact) mass is 786 g/mol. The third kappa shape index (κ3) is 9.29. The van der Waals surface area contributed by atoms with Gasteiger partial charge in [0, 0.05) is 37.5 Å². The molecule has 4 aliphatic rings. The number of nitrogens with two attached hydrogens (primary N) is 1. The Kier molecular flexibility index (Phi) is 12.7. The summed E-state index contributed by atoms with van der Waals surface area (Å²) >= 11 is 0. The molecule has 0 radical (unpaired) electrons. The number of hydrogen-bond acceptors (Lipinski definition) is 13. The lowest BCUT2D eigenvalue weighted by molar-refractivity contribution is -0.146. The first kappa shape index (κ1) is 41.7. The molecule has 2 fully saturated rings. The summed E-state index contributed by atoms with van der Waals surface area (Å²) in [6, 6.07) is 8.25. The molecule has 308 valence electrons. The third-order valence-corrected chi connectivity index (χ3v) is 11.7. The molecule has 0 bridgehead atoms. The van der Waals surface area contributed by atoms with Gasteiger partial charge in [-0.15, -0.1) is 0 Å². The summed E-state index contributed by atoms with van der Waals surface area (Å²) in [6.07, 6.45) is 1.05. The number of nitriles is 1. The smallest absolute Gasteiger partial charge is 0.287 e. The Bertz CT molecular complexity index is 1900. The number of ketones is 1. The van der Waals surface area contributed by atoms with E-state index in [1.807, 2.05) is 39.0 Å². The van der Waals surface area contributed by atoms with E-state index in [0.717, 1.165) is 0 Å². The zero-order valence-corrected chi connectivity index (χ0v) is 33.6. The first-order valence-corrected chi connectivity index (χ1v) is 20.2. The fourth-order valence-corrected chi connectivity index (χ4v) is 8.57. The van der Waals surface area contributed by atoms with Crippen LogP contribution < -0.4 is 32.3 Å². The number of aliphatic hydroxyl groups is 1. The Morgan fingerprint density at radius 2 is 1.65 bits per heavy atom. The molecule has 4 aliphatic heterocycles. The van der Waals surface area contributed by atoms with Crippen molar-refractivity contribution in [3.8, 4) is 6.07 Å². The molecule has 0 aliphatic carbocycles. The van der Waals surface area contributed by atoms with Crippen LogP contribution in [0.3, 0.4) is 0 Å². The zero-order chi connectivity index (χ0) is 41.1. The minimum Gasteiger partial charge on any atom is -0.371 e. The van der Waals surface area contributed by atoms with Gasteiger partial charge in [-0.1, -0.05) is 32.9 Å². The standard InChI is InChI=1S/C40H58N12O5/c1-22(2)14-27(42)32-46-21-40(51-32,17-26-11-13-44-36(26)55)31(53)38(57)52(23(3)4)18-24(5)15-30(49-37(56)34-47-28-8-6-7-9-29(28)48-34)33-45-20-39(19-41,50-33)16-25-10-12-43-35(25)54/h6-9,22-27,30,38,57H,10-18,20-21,42H2,1-5H3,(H,43,54)(H,44,55)(H,45,50)(H,46,51)(H,47,48)(H,49,56)/t24?,25-,26-,27-,30-,38?,39+,40-/m0/s1. The molecule has 2 aromatic rings. The number of nitrogens with zero attached hydrogens (tertiary/aromatic N) is 5. The average Bonchev–Trinajstić information content (AvgIpc) is 4.02. The molecule has 8 atom stereocenters. The number of aliphatic hydroxyl groups excluding tert-OH is 1. The van der Waals surface area contributed by atoms with Gasteiger partial charge in [-0.25, -0.2) is 4.98 Å². The van der Waals surface area contributed by atoms with Crippen LogP contribution in [0.25, 0.3) is 11.0 Å². The molecule has 5 heterocycles. The predicted molar refractivity (Wildman–Crippen MR) is 215 cm³/mol. The van der Waals surface area contributed by atoms with Crippen molar-refractivity contribution >= 4 is 46.2 Å². The van der Waals surface area contributed by atoms with Gasteiger partial charge in [0.1, 0.15) is 22.7 Å². The fourth-order valence-electron chi connectivity index (χ4n) is 8.57. The van der Waals surface area contributed by atoms with Crippen LogP contribution in [-0.2, 0) is 14.4 Å². The van der Waals surface area contributed by atoms with Crippen molar-refractivity contribution in [2.75, 3.05) is 32.7 Å². The van der Waals surface area contributed by atoms with Gasteiger partial charge in [0.05, 0.1) is 42.3 Å². The molecule has 2 saturated heterocycles. The van der Waals surface area contributed by atoms with E-state index in [0.29, 0.717) is 67.4 Å². The first-order valence-electron chi connectivity index (χ1n) is 20.2. The van der Waals surface area contributed by atoms with Crippen molar-refractivity contribution < 1.29 is 24.3 Å². The number of aromatic amines is 1. The zero-order valence-electron chi connectivity index (χ0n) is 33.6. The van der Waals surface area contributed by atoms with Crippen molar-refractivity contribution in [2.45, 2.75) is 109 Å². The number of benzene rings is 1. The first-order chi connectivity index (χ1) is 27.1. The molecule has 17 heteroatoms. The Balaban J connectivity index is 1.21. The van der Waals surface area contributed by atoms with Gasteiger partial charge >= 0.3 is 0 Å². The summed E-state index contributed by atoms with van der Waals surface area (Å²) in [7, 11) is 0. The summed E-state index contributed by atoms with van der Waals surface area (Å²) in [5.74, 6) is -0.837. The second-order valence-electron chi connectivity index (χ2n) is 17.1. The van der Waals surface area contributed by atoms with Gasteiger partial charge < -0.3 is 42.4 Å². The van der Waals surface area contributed by atoms with E-state index in [1.165, 1.54) is 0 Å². The Morgan fingerprint density at radius 1 is 0.982 bits per heavy atom. The molecule has 57 heavy (non-hydrogen) atoms. The number of Topliss-reactive ketones (excluding diaryl/α,β-unsaturated/α-hetero) is 1. The second-order valence-corrected chi connectivity index (χ2v) is 17.1. The number of rotatable bonds is 18. The Morgan fingerprint density at radius 3 is 2.26 bits per heavy atom. The number of H-pyrrole nitrogens is 1. The Hall–Kier alpha value is -4.92. The number of amidine groups is 2. The maximum atomic E-state index is 14.6. The van der Waals surface area contributed by atoms with Gasteiger partial charge in [-0.3, -0.25) is 34.1 Å². The number of amides is 3. The Labute approximate surface area is 333 Å². The molecular weight excluding hydrogens is 729 g/mol. The van der Waals surface area contributed by atoms with Crippen LogP contribution in [0.1, 0.15) is 83.8 Å². The largest absolute Gasteiger partial charge is 0.371 e. The normalized spacial score (nSPS) is 26.7. The fraction of sp³-hybridized carbons (Fsp3) is 0.650. The number of imidazole rings is 1. The maximum absolute atomic E-state index is 14.6. The highest BCUT2D eigenvalue weighted by Crippen LogP contribution is 2.31. The number of carbonyl (C=O) groups is 4. The number of aromatic nitrogens is 2.